The summed E-state index contributed by atoms with van der Waals surface area (Å²) in [4.78, 5) is 11.6. The van der Waals surface area contributed by atoms with Gasteiger partial charge in [-0.15, -0.1) is 0 Å². The Kier molecular flexibility index (Phi) is 8.89. The summed E-state index contributed by atoms with van der Waals surface area (Å²) in [5.74, 6) is -0.0681. The van der Waals surface area contributed by atoms with Gasteiger partial charge in [0, 0.05) is 18.0 Å². The molecule has 0 aromatic heterocycles. The molecule has 0 spiro atoms. The van der Waals surface area contributed by atoms with Gasteiger partial charge >= 0.3 is 0 Å². The van der Waals surface area contributed by atoms with Crippen molar-refractivity contribution < 1.29 is 14.3 Å². The maximum atomic E-state index is 11.6. The van der Waals surface area contributed by atoms with Crippen LogP contribution in [0.4, 0.5) is 0 Å². The molecule has 0 saturated heterocycles. The molecule has 0 aromatic carbocycles. The zero-order chi connectivity index (χ0) is 12.4. The maximum Gasteiger partial charge on any atom is 0.246 e. The lowest BCUT2D eigenvalue weighted by Crippen LogP contribution is -2.47. The average molecular weight is 296 g/mol. The van der Waals surface area contributed by atoms with Crippen LogP contribution in [0.15, 0.2) is 0 Å². The number of halogens is 1. The third-order valence-electron chi connectivity index (χ3n) is 2.53. The molecule has 0 aliphatic carbocycles. The van der Waals surface area contributed by atoms with Crippen molar-refractivity contribution in [1.29, 1.82) is 0 Å². The first kappa shape index (κ1) is 15.9. The molecule has 0 radical (unpaired) electrons. The van der Waals surface area contributed by atoms with Gasteiger partial charge in [-0.25, -0.2) is 0 Å². The van der Waals surface area contributed by atoms with Gasteiger partial charge in [-0.1, -0.05) is 22.9 Å². The van der Waals surface area contributed by atoms with E-state index >= 15 is 0 Å². The van der Waals surface area contributed by atoms with Crippen molar-refractivity contribution in [2.75, 3.05) is 32.3 Å². The number of hydrogen-bond acceptors (Lipinski definition) is 3. The minimum Gasteiger partial charge on any atom is -0.382 e. The summed E-state index contributed by atoms with van der Waals surface area (Å²) in [5, 5.41) is 3.86. The normalized spacial score (nSPS) is 14.5. The van der Waals surface area contributed by atoms with Crippen LogP contribution in [0.1, 0.15) is 26.7 Å². The van der Waals surface area contributed by atoms with Crippen LogP contribution < -0.4 is 5.32 Å². The molecular weight excluding hydrogens is 274 g/mol. The van der Waals surface area contributed by atoms with Crippen LogP contribution in [0.3, 0.4) is 0 Å². The van der Waals surface area contributed by atoms with Crippen molar-refractivity contribution in [2.45, 2.75) is 32.2 Å². The molecule has 16 heavy (non-hydrogen) atoms. The number of hydrogen-bond donors (Lipinski definition) is 1. The van der Waals surface area contributed by atoms with Crippen molar-refractivity contribution in [3.8, 4) is 0 Å². The van der Waals surface area contributed by atoms with Gasteiger partial charge in [0.1, 0.15) is 6.61 Å². The second kappa shape index (κ2) is 8.96. The fourth-order valence-electron chi connectivity index (χ4n) is 1.22. The Morgan fingerprint density at radius 3 is 2.62 bits per heavy atom. The van der Waals surface area contributed by atoms with Crippen molar-refractivity contribution in [3.05, 3.63) is 0 Å². The summed E-state index contributed by atoms with van der Waals surface area (Å²) in [6.07, 6.45) is 1.82. The fraction of sp³-hybridized carbons (Fsp3) is 0.909. The first-order valence-electron chi connectivity index (χ1n) is 5.51. The summed E-state index contributed by atoms with van der Waals surface area (Å²) in [7, 11) is 1.60. The number of nitrogens with one attached hydrogen (secondary N) is 1. The van der Waals surface area contributed by atoms with Crippen LogP contribution >= 0.6 is 15.9 Å². The molecule has 96 valence electrons. The zero-order valence-corrected chi connectivity index (χ0v) is 11.9. The smallest absolute Gasteiger partial charge is 0.246 e. The second-order valence-electron chi connectivity index (χ2n) is 3.95. The molecule has 0 bridgehead atoms. The fourth-order valence-corrected chi connectivity index (χ4v) is 2.09. The molecular formula is C11H22BrNO3. The van der Waals surface area contributed by atoms with Crippen LogP contribution in [0.2, 0.25) is 0 Å². The monoisotopic (exact) mass is 295 g/mol. The number of carbonyl (C=O) groups excluding carboxylic acids is 1. The lowest BCUT2D eigenvalue weighted by Gasteiger charge is -2.29. The third-order valence-corrected chi connectivity index (χ3v) is 2.93. The quantitative estimate of drug-likeness (QED) is 0.520. The molecule has 0 heterocycles. The van der Waals surface area contributed by atoms with Crippen LogP contribution in [0, 0.1) is 0 Å². The molecule has 4 nitrogen and oxygen atoms in total. The minimum absolute atomic E-state index is 0.0681. The molecule has 0 fully saturated rings. The van der Waals surface area contributed by atoms with Gasteiger partial charge in [0.15, 0.2) is 0 Å². The first-order chi connectivity index (χ1) is 7.58. The van der Waals surface area contributed by atoms with E-state index in [0.29, 0.717) is 13.2 Å². The van der Waals surface area contributed by atoms with E-state index in [-0.39, 0.29) is 18.1 Å². The van der Waals surface area contributed by atoms with Gasteiger partial charge in [0.05, 0.1) is 13.2 Å². The lowest BCUT2D eigenvalue weighted by atomic mass is 9.95. The Bertz CT molecular complexity index is 202. The molecule has 5 heteroatoms. The topological polar surface area (TPSA) is 47.6 Å². The molecule has 0 rings (SSSR count). The summed E-state index contributed by atoms with van der Waals surface area (Å²) < 4.78 is 9.98. The van der Waals surface area contributed by atoms with Crippen LogP contribution in [0.25, 0.3) is 0 Å². The van der Waals surface area contributed by atoms with E-state index in [0.717, 1.165) is 18.2 Å². The zero-order valence-electron chi connectivity index (χ0n) is 10.3. The standard InChI is InChI=1S/C11H22BrNO3/c1-4-11(2,5-6-12)13-10(14)9-16-8-7-15-3/h4-9H2,1-3H3,(H,13,14). The molecule has 0 aliphatic rings. The highest BCUT2D eigenvalue weighted by Crippen LogP contribution is 2.15. The van der Waals surface area contributed by atoms with Gasteiger partial charge in [-0.05, 0) is 19.8 Å². The second-order valence-corrected chi connectivity index (χ2v) is 4.74. The van der Waals surface area contributed by atoms with E-state index < -0.39 is 0 Å². The van der Waals surface area contributed by atoms with E-state index in [1.165, 1.54) is 0 Å². The van der Waals surface area contributed by atoms with E-state index in [1.54, 1.807) is 7.11 Å². The predicted molar refractivity (Wildman–Crippen MR) is 67.9 cm³/mol. The van der Waals surface area contributed by atoms with E-state index in [1.807, 2.05) is 6.92 Å². The number of ether oxygens (including phenoxy) is 2. The first-order valence-corrected chi connectivity index (χ1v) is 6.63. The Morgan fingerprint density at radius 1 is 1.44 bits per heavy atom. The molecule has 0 aromatic rings. The van der Waals surface area contributed by atoms with Gasteiger partial charge in [0.2, 0.25) is 5.91 Å². The van der Waals surface area contributed by atoms with Crippen molar-refractivity contribution in [2.24, 2.45) is 0 Å². The number of methoxy groups -OCH3 is 1. The van der Waals surface area contributed by atoms with E-state index in [9.17, 15) is 4.79 Å². The lowest BCUT2D eigenvalue weighted by molar-refractivity contribution is -0.128. The van der Waals surface area contributed by atoms with E-state index in [2.05, 4.69) is 28.2 Å². The van der Waals surface area contributed by atoms with Crippen molar-refractivity contribution in [3.63, 3.8) is 0 Å². The van der Waals surface area contributed by atoms with Gasteiger partial charge in [-0.2, -0.15) is 0 Å². The summed E-state index contributed by atoms with van der Waals surface area (Å²) in [5.41, 5.74) is -0.148. The highest BCUT2D eigenvalue weighted by molar-refractivity contribution is 9.09. The number of carbonyl (C=O) groups is 1. The van der Waals surface area contributed by atoms with E-state index in [4.69, 9.17) is 9.47 Å². The number of alkyl halides is 1. The minimum atomic E-state index is -0.148. The Labute approximate surface area is 106 Å². The molecule has 0 aliphatic heterocycles. The highest BCUT2D eigenvalue weighted by atomic mass is 79.9. The molecule has 1 amide bonds. The summed E-state index contributed by atoms with van der Waals surface area (Å²) in [6.45, 7) is 5.17. The van der Waals surface area contributed by atoms with Gasteiger partial charge < -0.3 is 14.8 Å². The Morgan fingerprint density at radius 2 is 2.12 bits per heavy atom. The summed E-state index contributed by atoms with van der Waals surface area (Å²) in [6, 6.07) is 0. The van der Waals surface area contributed by atoms with Gasteiger partial charge in [0.25, 0.3) is 0 Å². The third kappa shape index (κ3) is 7.19. The molecule has 0 saturated carbocycles. The number of amides is 1. The molecule has 1 atom stereocenters. The number of rotatable bonds is 9. The van der Waals surface area contributed by atoms with Crippen LogP contribution in [-0.4, -0.2) is 43.7 Å². The highest BCUT2D eigenvalue weighted by Gasteiger charge is 2.23. The average Bonchev–Trinajstić information content (AvgIpc) is 2.25. The van der Waals surface area contributed by atoms with Crippen molar-refractivity contribution in [1.82, 2.24) is 5.32 Å². The van der Waals surface area contributed by atoms with Crippen LogP contribution in [0.5, 0.6) is 0 Å². The summed E-state index contributed by atoms with van der Waals surface area (Å²) >= 11 is 3.39. The van der Waals surface area contributed by atoms with Crippen LogP contribution in [-0.2, 0) is 14.3 Å². The Balaban J connectivity index is 3.82. The molecule has 1 unspecified atom stereocenters. The SMILES string of the molecule is CCC(C)(CCBr)NC(=O)COCCOC. The Hall–Kier alpha value is -0.130. The largest absolute Gasteiger partial charge is 0.382 e. The molecule has 1 N–H and O–H groups in total. The van der Waals surface area contributed by atoms with Gasteiger partial charge in [-0.3, -0.25) is 4.79 Å². The predicted octanol–water partition coefficient (Wildman–Crippen LogP) is 1.72. The van der Waals surface area contributed by atoms with Crippen molar-refractivity contribution >= 4 is 21.8 Å². The maximum absolute atomic E-state index is 11.6.